The maximum atomic E-state index is 9.80. The molecule has 2 unspecified atom stereocenters. The van der Waals surface area contributed by atoms with Gasteiger partial charge in [0.2, 0.25) is 0 Å². The Morgan fingerprint density at radius 2 is 2.17 bits per heavy atom. The number of aliphatic hydroxyl groups is 1. The van der Waals surface area contributed by atoms with Crippen molar-refractivity contribution >= 4 is 0 Å². The van der Waals surface area contributed by atoms with Gasteiger partial charge in [-0.15, -0.1) is 0 Å². The maximum Gasteiger partial charge on any atom is 0.0963 e. The Morgan fingerprint density at radius 3 is 2.58 bits per heavy atom. The van der Waals surface area contributed by atoms with E-state index in [9.17, 15) is 5.11 Å². The van der Waals surface area contributed by atoms with Crippen LogP contribution in [0.5, 0.6) is 0 Å². The molecule has 1 rings (SSSR count). The van der Waals surface area contributed by atoms with E-state index in [0.717, 1.165) is 17.5 Å². The summed E-state index contributed by atoms with van der Waals surface area (Å²) in [5, 5.41) is 9.80. The van der Waals surface area contributed by atoms with Crippen LogP contribution in [0.25, 0.3) is 0 Å². The number of hydrogen-bond donors (Lipinski definition) is 1. The van der Waals surface area contributed by atoms with Crippen LogP contribution in [0, 0.1) is 12.8 Å². The standard InChI is InChI=1S/C10H16O2/c1-4-7(2)10(11)9-6-12-5-8(9)3/h5-7,10-11H,4H2,1-3H3. The van der Waals surface area contributed by atoms with Crippen LogP contribution >= 0.6 is 0 Å². The Bertz CT molecular complexity index is 240. The highest BCUT2D eigenvalue weighted by Crippen LogP contribution is 2.26. The predicted octanol–water partition coefficient (Wildman–Crippen LogP) is 2.67. The Kier molecular flexibility index (Phi) is 2.93. The number of hydrogen-bond acceptors (Lipinski definition) is 2. The fraction of sp³-hybridized carbons (Fsp3) is 0.600. The lowest BCUT2D eigenvalue weighted by molar-refractivity contribution is 0.114. The number of rotatable bonds is 3. The van der Waals surface area contributed by atoms with Gasteiger partial charge in [0.1, 0.15) is 0 Å². The zero-order valence-corrected chi connectivity index (χ0v) is 7.87. The summed E-state index contributed by atoms with van der Waals surface area (Å²) in [5.74, 6) is 0.293. The van der Waals surface area contributed by atoms with Crippen molar-refractivity contribution in [3.05, 3.63) is 23.7 Å². The predicted molar refractivity (Wildman–Crippen MR) is 47.9 cm³/mol. The van der Waals surface area contributed by atoms with E-state index in [1.165, 1.54) is 0 Å². The summed E-state index contributed by atoms with van der Waals surface area (Å²) in [6.45, 7) is 6.06. The van der Waals surface area contributed by atoms with E-state index in [1.54, 1.807) is 12.5 Å². The topological polar surface area (TPSA) is 33.4 Å². The average Bonchev–Trinajstić information content (AvgIpc) is 2.48. The second kappa shape index (κ2) is 3.76. The van der Waals surface area contributed by atoms with E-state index in [-0.39, 0.29) is 6.10 Å². The fourth-order valence-electron chi connectivity index (χ4n) is 1.20. The first kappa shape index (κ1) is 9.33. The summed E-state index contributed by atoms with van der Waals surface area (Å²) in [6.07, 6.45) is 3.90. The van der Waals surface area contributed by atoms with Gasteiger partial charge in [0.25, 0.3) is 0 Å². The SMILES string of the molecule is CCC(C)C(O)c1cocc1C. The molecule has 0 spiro atoms. The van der Waals surface area contributed by atoms with E-state index in [2.05, 4.69) is 6.92 Å². The third-order valence-electron chi connectivity index (χ3n) is 2.40. The molecule has 1 N–H and O–H groups in total. The lowest BCUT2D eigenvalue weighted by Crippen LogP contribution is -2.07. The Balaban J connectivity index is 2.77. The largest absolute Gasteiger partial charge is 0.472 e. The van der Waals surface area contributed by atoms with Crippen LogP contribution in [0.4, 0.5) is 0 Å². The van der Waals surface area contributed by atoms with E-state index in [1.807, 2.05) is 13.8 Å². The molecular formula is C10H16O2. The van der Waals surface area contributed by atoms with Gasteiger partial charge < -0.3 is 9.52 Å². The van der Waals surface area contributed by atoms with Gasteiger partial charge in [-0.2, -0.15) is 0 Å². The lowest BCUT2D eigenvalue weighted by atomic mass is 9.95. The molecule has 2 nitrogen and oxygen atoms in total. The lowest BCUT2D eigenvalue weighted by Gasteiger charge is -2.15. The van der Waals surface area contributed by atoms with Crippen LogP contribution in [0.15, 0.2) is 16.9 Å². The summed E-state index contributed by atoms with van der Waals surface area (Å²) in [4.78, 5) is 0. The third kappa shape index (κ3) is 1.69. The molecule has 0 aliphatic rings. The molecule has 2 heteroatoms. The van der Waals surface area contributed by atoms with Crippen molar-refractivity contribution in [2.45, 2.75) is 33.3 Å². The zero-order chi connectivity index (χ0) is 9.14. The van der Waals surface area contributed by atoms with Crippen LogP contribution < -0.4 is 0 Å². The normalized spacial score (nSPS) is 16.0. The van der Waals surface area contributed by atoms with Crippen molar-refractivity contribution in [3.63, 3.8) is 0 Å². The minimum absolute atomic E-state index is 0.293. The van der Waals surface area contributed by atoms with Gasteiger partial charge in [0.05, 0.1) is 18.6 Å². The van der Waals surface area contributed by atoms with Crippen LogP contribution in [0.2, 0.25) is 0 Å². The molecular weight excluding hydrogens is 152 g/mol. The molecule has 2 atom stereocenters. The first-order valence-corrected chi connectivity index (χ1v) is 4.37. The van der Waals surface area contributed by atoms with E-state index >= 15 is 0 Å². The molecule has 0 bridgehead atoms. The maximum absolute atomic E-state index is 9.80. The molecule has 1 aromatic rings. The van der Waals surface area contributed by atoms with Gasteiger partial charge in [-0.1, -0.05) is 20.3 Å². The number of aliphatic hydroxyl groups excluding tert-OH is 1. The molecule has 12 heavy (non-hydrogen) atoms. The first-order valence-electron chi connectivity index (χ1n) is 4.37. The monoisotopic (exact) mass is 168 g/mol. The number of furan rings is 1. The van der Waals surface area contributed by atoms with E-state index < -0.39 is 0 Å². The van der Waals surface area contributed by atoms with E-state index in [4.69, 9.17) is 4.42 Å². The van der Waals surface area contributed by atoms with Crippen molar-refractivity contribution in [1.82, 2.24) is 0 Å². The minimum atomic E-state index is -0.381. The Hall–Kier alpha value is -0.760. The summed E-state index contributed by atoms with van der Waals surface area (Å²) < 4.78 is 5.00. The van der Waals surface area contributed by atoms with Crippen molar-refractivity contribution < 1.29 is 9.52 Å². The molecule has 0 amide bonds. The zero-order valence-electron chi connectivity index (χ0n) is 7.87. The van der Waals surface area contributed by atoms with Gasteiger partial charge in [-0.3, -0.25) is 0 Å². The van der Waals surface area contributed by atoms with Crippen molar-refractivity contribution in [3.8, 4) is 0 Å². The van der Waals surface area contributed by atoms with Crippen LogP contribution in [0.1, 0.15) is 37.5 Å². The van der Waals surface area contributed by atoms with Crippen molar-refractivity contribution in [2.75, 3.05) is 0 Å². The molecule has 0 aromatic carbocycles. The summed E-state index contributed by atoms with van der Waals surface area (Å²) in [6, 6.07) is 0. The van der Waals surface area contributed by atoms with Crippen LogP contribution in [-0.2, 0) is 0 Å². The second-order valence-corrected chi connectivity index (χ2v) is 3.34. The molecule has 0 radical (unpaired) electrons. The molecule has 0 fully saturated rings. The summed E-state index contributed by atoms with van der Waals surface area (Å²) in [7, 11) is 0. The molecule has 1 heterocycles. The third-order valence-corrected chi connectivity index (χ3v) is 2.40. The highest BCUT2D eigenvalue weighted by atomic mass is 16.3. The molecule has 0 saturated carbocycles. The van der Waals surface area contributed by atoms with Gasteiger partial charge >= 0.3 is 0 Å². The van der Waals surface area contributed by atoms with Crippen LogP contribution in [-0.4, -0.2) is 5.11 Å². The average molecular weight is 168 g/mol. The number of aryl methyl sites for hydroxylation is 1. The van der Waals surface area contributed by atoms with Gasteiger partial charge in [-0.25, -0.2) is 0 Å². The second-order valence-electron chi connectivity index (χ2n) is 3.34. The van der Waals surface area contributed by atoms with Gasteiger partial charge in [-0.05, 0) is 18.4 Å². The highest BCUT2D eigenvalue weighted by Gasteiger charge is 2.17. The fourth-order valence-corrected chi connectivity index (χ4v) is 1.20. The Labute approximate surface area is 73.2 Å². The van der Waals surface area contributed by atoms with E-state index in [0.29, 0.717) is 5.92 Å². The van der Waals surface area contributed by atoms with Crippen molar-refractivity contribution in [2.24, 2.45) is 5.92 Å². The molecule has 68 valence electrons. The minimum Gasteiger partial charge on any atom is -0.472 e. The van der Waals surface area contributed by atoms with Crippen LogP contribution in [0.3, 0.4) is 0 Å². The molecule has 0 aliphatic carbocycles. The molecule has 0 saturated heterocycles. The molecule has 1 aromatic heterocycles. The smallest absolute Gasteiger partial charge is 0.0963 e. The summed E-state index contributed by atoms with van der Waals surface area (Å²) >= 11 is 0. The first-order chi connectivity index (χ1) is 5.66. The van der Waals surface area contributed by atoms with Gasteiger partial charge in [0, 0.05) is 5.56 Å². The Morgan fingerprint density at radius 1 is 1.50 bits per heavy atom. The quantitative estimate of drug-likeness (QED) is 0.752. The van der Waals surface area contributed by atoms with Crippen molar-refractivity contribution in [1.29, 1.82) is 0 Å². The molecule has 0 aliphatic heterocycles. The summed E-state index contributed by atoms with van der Waals surface area (Å²) in [5.41, 5.74) is 1.95. The van der Waals surface area contributed by atoms with Gasteiger partial charge in [0.15, 0.2) is 0 Å². The highest BCUT2D eigenvalue weighted by molar-refractivity contribution is 5.21.